The van der Waals surface area contributed by atoms with E-state index in [1.165, 1.54) is 12.5 Å². The topological polar surface area (TPSA) is 55.1 Å². The second kappa shape index (κ2) is 3.96. The van der Waals surface area contributed by atoms with Crippen LogP contribution in [0.4, 0.5) is 6.01 Å². The van der Waals surface area contributed by atoms with E-state index in [0.29, 0.717) is 11.5 Å². The van der Waals surface area contributed by atoms with Crippen LogP contribution in [-0.2, 0) is 4.79 Å². The molecule has 84 valence electrons. The van der Waals surface area contributed by atoms with Crippen LogP contribution in [0.1, 0.15) is 32.3 Å². The van der Waals surface area contributed by atoms with E-state index in [-0.39, 0.29) is 11.9 Å². The Morgan fingerprint density at radius 3 is 2.81 bits per heavy atom. The SMILES string of the molecule is CC(=O)Nc1nc2ccc(C(C)C)cc2o1. The van der Waals surface area contributed by atoms with Crippen molar-refractivity contribution in [2.45, 2.75) is 26.7 Å². The molecule has 0 bridgehead atoms. The van der Waals surface area contributed by atoms with Crippen LogP contribution in [0.5, 0.6) is 0 Å². The van der Waals surface area contributed by atoms with Crippen molar-refractivity contribution in [3.05, 3.63) is 23.8 Å². The van der Waals surface area contributed by atoms with E-state index < -0.39 is 0 Å². The smallest absolute Gasteiger partial charge is 0.302 e. The predicted molar refractivity (Wildman–Crippen MR) is 62.4 cm³/mol. The van der Waals surface area contributed by atoms with Gasteiger partial charge in [0, 0.05) is 6.92 Å². The van der Waals surface area contributed by atoms with E-state index in [0.717, 1.165) is 5.52 Å². The van der Waals surface area contributed by atoms with Gasteiger partial charge in [-0.3, -0.25) is 10.1 Å². The highest BCUT2D eigenvalue weighted by molar-refractivity contribution is 5.88. The average molecular weight is 218 g/mol. The highest BCUT2D eigenvalue weighted by atomic mass is 16.4. The predicted octanol–water partition coefficient (Wildman–Crippen LogP) is 2.91. The van der Waals surface area contributed by atoms with E-state index in [9.17, 15) is 4.79 Å². The summed E-state index contributed by atoms with van der Waals surface area (Å²) >= 11 is 0. The third-order valence-electron chi connectivity index (χ3n) is 2.36. The fourth-order valence-electron chi connectivity index (χ4n) is 1.50. The van der Waals surface area contributed by atoms with E-state index in [2.05, 4.69) is 24.1 Å². The van der Waals surface area contributed by atoms with Crippen molar-refractivity contribution in [2.75, 3.05) is 5.32 Å². The molecule has 1 aromatic carbocycles. The molecule has 0 saturated heterocycles. The van der Waals surface area contributed by atoms with E-state index in [1.54, 1.807) is 0 Å². The number of nitrogens with zero attached hydrogens (tertiary/aromatic N) is 1. The molecule has 0 atom stereocenters. The molecule has 0 saturated carbocycles. The van der Waals surface area contributed by atoms with Crippen LogP contribution in [0.25, 0.3) is 11.1 Å². The van der Waals surface area contributed by atoms with Crippen molar-refractivity contribution in [3.8, 4) is 0 Å². The maximum absolute atomic E-state index is 10.9. The minimum absolute atomic E-state index is 0.185. The Bertz CT molecular complexity index is 529. The lowest BCUT2D eigenvalue weighted by Gasteiger charge is -2.02. The largest absolute Gasteiger partial charge is 0.423 e. The first-order chi connectivity index (χ1) is 7.56. The molecule has 0 radical (unpaired) electrons. The summed E-state index contributed by atoms with van der Waals surface area (Å²) in [5.74, 6) is 0.259. The number of carbonyl (C=O) groups is 1. The fraction of sp³-hybridized carbons (Fsp3) is 0.333. The number of hydrogen-bond donors (Lipinski definition) is 1. The van der Waals surface area contributed by atoms with Crippen LogP contribution in [-0.4, -0.2) is 10.9 Å². The lowest BCUT2D eigenvalue weighted by molar-refractivity contribution is -0.114. The van der Waals surface area contributed by atoms with Crippen LogP contribution in [0, 0.1) is 0 Å². The second-order valence-corrected chi connectivity index (χ2v) is 4.08. The normalized spacial score (nSPS) is 11.0. The first-order valence-electron chi connectivity index (χ1n) is 5.24. The summed E-state index contributed by atoms with van der Waals surface area (Å²) in [6, 6.07) is 6.13. The third-order valence-corrected chi connectivity index (χ3v) is 2.36. The standard InChI is InChI=1S/C12H14N2O2/c1-7(2)9-4-5-10-11(6-9)16-12(14-10)13-8(3)15/h4-7H,1-3H3,(H,13,14,15). The molecular weight excluding hydrogens is 204 g/mol. The summed E-state index contributed by atoms with van der Waals surface area (Å²) in [5.41, 5.74) is 2.65. The lowest BCUT2D eigenvalue weighted by Crippen LogP contribution is -2.05. The van der Waals surface area contributed by atoms with Gasteiger partial charge in [-0.25, -0.2) is 0 Å². The molecule has 1 N–H and O–H groups in total. The molecule has 1 heterocycles. The number of nitrogens with one attached hydrogen (secondary N) is 1. The van der Waals surface area contributed by atoms with Crippen LogP contribution in [0.15, 0.2) is 22.6 Å². The zero-order valence-electron chi connectivity index (χ0n) is 9.57. The zero-order valence-corrected chi connectivity index (χ0v) is 9.57. The van der Waals surface area contributed by atoms with Gasteiger partial charge in [0.1, 0.15) is 5.52 Å². The van der Waals surface area contributed by atoms with Gasteiger partial charge in [0.05, 0.1) is 0 Å². The molecule has 4 nitrogen and oxygen atoms in total. The Morgan fingerprint density at radius 1 is 1.44 bits per heavy atom. The van der Waals surface area contributed by atoms with Crippen molar-refractivity contribution in [3.63, 3.8) is 0 Å². The average Bonchev–Trinajstić information content (AvgIpc) is 2.56. The Labute approximate surface area is 93.7 Å². The van der Waals surface area contributed by atoms with Crippen molar-refractivity contribution < 1.29 is 9.21 Å². The molecule has 0 aliphatic rings. The number of carbonyl (C=O) groups excluding carboxylic acids is 1. The van der Waals surface area contributed by atoms with Gasteiger partial charge in [0.15, 0.2) is 5.58 Å². The number of fused-ring (bicyclic) bond motifs is 1. The molecule has 0 unspecified atom stereocenters. The molecule has 0 aliphatic carbocycles. The molecule has 1 amide bonds. The second-order valence-electron chi connectivity index (χ2n) is 4.08. The van der Waals surface area contributed by atoms with Gasteiger partial charge in [0.25, 0.3) is 0 Å². The van der Waals surface area contributed by atoms with Gasteiger partial charge in [-0.2, -0.15) is 4.98 Å². The highest BCUT2D eigenvalue weighted by Gasteiger charge is 2.08. The molecule has 0 aliphatic heterocycles. The summed E-state index contributed by atoms with van der Waals surface area (Å²) in [6.45, 7) is 5.66. The van der Waals surface area contributed by atoms with Crippen LogP contribution >= 0.6 is 0 Å². The van der Waals surface area contributed by atoms with Crippen molar-refractivity contribution >= 4 is 23.0 Å². The van der Waals surface area contributed by atoms with Crippen molar-refractivity contribution in [2.24, 2.45) is 0 Å². The monoisotopic (exact) mass is 218 g/mol. The number of anilines is 1. The Kier molecular flexibility index (Phi) is 2.64. The van der Waals surface area contributed by atoms with E-state index in [1.807, 2.05) is 18.2 Å². The van der Waals surface area contributed by atoms with Gasteiger partial charge in [-0.1, -0.05) is 19.9 Å². The van der Waals surface area contributed by atoms with E-state index >= 15 is 0 Å². The van der Waals surface area contributed by atoms with Crippen LogP contribution in [0.2, 0.25) is 0 Å². The minimum Gasteiger partial charge on any atom is -0.423 e. The Hall–Kier alpha value is -1.84. The molecule has 1 aromatic heterocycles. The number of hydrogen-bond acceptors (Lipinski definition) is 3. The maximum atomic E-state index is 10.9. The first kappa shape index (κ1) is 10.7. The van der Waals surface area contributed by atoms with Crippen molar-refractivity contribution in [1.29, 1.82) is 0 Å². The summed E-state index contributed by atoms with van der Waals surface area (Å²) in [6.07, 6.45) is 0. The van der Waals surface area contributed by atoms with Crippen LogP contribution < -0.4 is 5.32 Å². The van der Waals surface area contributed by atoms with Gasteiger partial charge < -0.3 is 4.42 Å². The molecule has 0 spiro atoms. The molecular formula is C12H14N2O2. The van der Waals surface area contributed by atoms with Crippen molar-refractivity contribution in [1.82, 2.24) is 4.98 Å². The minimum atomic E-state index is -0.185. The number of amides is 1. The number of oxazole rings is 1. The fourth-order valence-corrected chi connectivity index (χ4v) is 1.50. The quantitative estimate of drug-likeness (QED) is 0.843. The first-order valence-corrected chi connectivity index (χ1v) is 5.24. The Balaban J connectivity index is 2.41. The highest BCUT2D eigenvalue weighted by Crippen LogP contribution is 2.23. The molecule has 2 aromatic rings. The molecule has 0 fully saturated rings. The van der Waals surface area contributed by atoms with Crippen LogP contribution in [0.3, 0.4) is 0 Å². The number of benzene rings is 1. The van der Waals surface area contributed by atoms with Gasteiger partial charge in [-0.15, -0.1) is 0 Å². The molecule has 16 heavy (non-hydrogen) atoms. The summed E-state index contributed by atoms with van der Waals surface area (Å²) < 4.78 is 5.43. The summed E-state index contributed by atoms with van der Waals surface area (Å²) in [7, 11) is 0. The maximum Gasteiger partial charge on any atom is 0.302 e. The summed E-state index contributed by atoms with van der Waals surface area (Å²) in [5, 5.41) is 2.53. The van der Waals surface area contributed by atoms with Gasteiger partial charge >= 0.3 is 6.01 Å². The van der Waals surface area contributed by atoms with E-state index in [4.69, 9.17) is 4.42 Å². The Morgan fingerprint density at radius 2 is 2.19 bits per heavy atom. The zero-order chi connectivity index (χ0) is 11.7. The lowest BCUT2D eigenvalue weighted by atomic mass is 10.0. The summed E-state index contributed by atoms with van der Waals surface area (Å²) in [4.78, 5) is 15.0. The number of rotatable bonds is 2. The number of aromatic nitrogens is 1. The van der Waals surface area contributed by atoms with Gasteiger partial charge in [0.2, 0.25) is 5.91 Å². The molecule has 2 rings (SSSR count). The molecule has 4 heteroatoms. The van der Waals surface area contributed by atoms with Gasteiger partial charge in [-0.05, 0) is 23.6 Å². The third kappa shape index (κ3) is 2.05.